The molecule has 0 bridgehead atoms. The molecule has 3 rings (SSSR count). The molecule has 0 amide bonds. The average molecular weight is 236 g/mol. The minimum atomic E-state index is 0.207. The molecule has 98 valence electrons. The summed E-state index contributed by atoms with van der Waals surface area (Å²) in [7, 11) is 0. The Hall–Kier alpha value is -0.0400. The Morgan fingerprint density at radius 1 is 0.882 bits per heavy atom. The standard InChI is InChI=1S/C16H28O/c1-14(2)8-5-9-15(3)12(14)6-10-16(4)13(15)7-11-17-16/h12-13H,5-11H2,1-4H3/t12-,13+,15+,16+/m0/s1. The Morgan fingerprint density at radius 2 is 1.65 bits per heavy atom. The quantitative estimate of drug-likeness (QED) is 0.605. The summed E-state index contributed by atoms with van der Waals surface area (Å²) in [4.78, 5) is 0. The number of hydrogen-bond donors (Lipinski definition) is 0. The first-order chi connectivity index (χ1) is 7.89. The second-order valence-corrected chi connectivity index (χ2v) is 7.94. The molecule has 4 atom stereocenters. The van der Waals surface area contributed by atoms with Crippen LogP contribution in [0, 0.1) is 22.7 Å². The molecular formula is C16H28O. The van der Waals surface area contributed by atoms with Crippen molar-refractivity contribution in [3.63, 3.8) is 0 Å². The average Bonchev–Trinajstić information content (AvgIpc) is 2.60. The van der Waals surface area contributed by atoms with E-state index >= 15 is 0 Å². The molecule has 17 heavy (non-hydrogen) atoms. The van der Waals surface area contributed by atoms with Gasteiger partial charge in [-0.05, 0) is 61.7 Å². The molecule has 2 saturated carbocycles. The lowest BCUT2D eigenvalue weighted by Gasteiger charge is -2.60. The summed E-state index contributed by atoms with van der Waals surface area (Å²) < 4.78 is 6.13. The van der Waals surface area contributed by atoms with Gasteiger partial charge in [-0.2, -0.15) is 0 Å². The normalized spacial score (nSPS) is 52.9. The van der Waals surface area contributed by atoms with E-state index in [0.717, 1.165) is 18.4 Å². The summed E-state index contributed by atoms with van der Waals surface area (Å²) in [6, 6.07) is 0. The molecule has 1 saturated heterocycles. The zero-order valence-corrected chi connectivity index (χ0v) is 12.0. The monoisotopic (exact) mass is 236 g/mol. The van der Waals surface area contributed by atoms with Crippen LogP contribution in [0.4, 0.5) is 0 Å². The molecule has 0 spiro atoms. The third kappa shape index (κ3) is 1.54. The van der Waals surface area contributed by atoms with Gasteiger partial charge in [0.15, 0.2) is 0 Å². The van der Waals surface area contributed by atoms with Crippen LogP contribution in [0.5, 0.6) is 0 Å². The van der Waals surface area contributed by atoms with Crippen molar-refractivity contribution in [2.45, 2.75) is 71.8 Å². The van der Waals surface area contributed by atoms with Crippen molar-refractivity contribution < 1.29 is 4.74 Å². The van der Waals surface area contributed by atoms with Crippen LogP contribution in [-0.2, 0) is 4.74 Å². The summed E-state index contributed by atoms with van der Waals surface area (Å²) in [5, 5.41) is 0. The van der Waals surface area contributed by atoms with Crippen LogP contribution >= 0.6 is 0 Å². The van der Waals surface area contributed by atoms with E-state index in [1.807, 2.05) is 0 Å². The van der Waals surface area contributed by atoms with Gasteiger partial charge in [0, 0.05) is 6.61 Å². The molecule has 1 nitrogen and oxygen atoms in total. The van der Waals surface area contributed by atoms with Gasteiger partial charge in [0.05, 0.1) is 5.60 Å². The van der Waals surface area contributed by atoms with Crippen LogP contribution in [-0.4, -0.2) is 12.2 Å². The molecule has 3 aliphatic rings. The first-order valence-corrected chi connectivity index (χ1v) is 7.52. The number of fused-ring (bicyclic) bond motifs is 3. The van der Waals surface area contributed by atoms with E-state index in [4.69, 9.17) is 4.74 Å². The molecule has 0 unspecified atom stereocenters. The fourth-order valence-corrected chi connectivity index (χ4v) is 5.82. The second-order valence-electron chi connectivity index (χ2n) is 7.94. The van der Waals surface area contributed by atoms with Gasteiger partial charge in [0.2, 0.25) is 0 Å². The summed E-state index contributed by atoms with van der Waals surface area (Å²) in [5.41, 5.74) is 1.31. The fraction of sp³-hybridized carbons (Fsp3) is 1.00. The van der Waals surface area contributed by atoms with E-state index in [2.05, 4.69) is 27.7 Å². The van der Waals surface area contributed by atoms with Crippen molar-refractivity contribution in [3.05, 3.63) is 0 Å². The maximum absolute atomic E-state index is 6.13. The minimum Gasteiger partial charge on any atom is -0.375 e. The van der Waals surface area contributed by atoms with Gasteiger partial charge in [-0.15, -0.1) is 0 Å². The summed E-state index contributed by atoms with van der Waals surface area (Å²) in [6.07, 6.45) is 8.27. The first-order valence-electron chi connectivity index (χ1n) is 7.52. The van der Waals surface area contributed by atoms with Gasteiger partial charge < -0.3 is 4.74 Å². The van der Waals surface area contributed by atoms with Crippen LogP contribution in [0.1, 0.15) is 66.2 Å². The molecule has 3 fully saturated rings. The maximum atomic E-state index is 6.13. The number of rotatable bonds is 0. The molecule has 1 heteroatoms. The molecule has 0 N–H and O–H groups in total. The summed E-state index contributed by atoms with van der Waals surface area (Å²) >= 11 is 0. The van der Waals surface area contributed by atoms with E-state index < -0.39 is 0 Å². The van der Waals surface area contributed by atoms with Crippen molar-refractivity contribution in [2.75, 3.05) is 6.61 Å². The van der Waals surface area contributed by atoms with E-state index in [9.17, 15) is 0 Å². The maximum Gasteiger partial charge on any atom is 0.0688 e. The van der Waals surface area contributed by atoms with Gasteiger partial charge in [0.25, 0.3) is 0 Å². The van der Waals surface area contributed by atoms with Crippen molar-refractivity contribution >= 4 is 0 Å². The fourth-order valence-electron chi connectivity index (χ4n) is 5.82. The van der Waals surface area contributed by atoms with Gasteiger partial charge in [0.1, 0.15) is 0 Å². The minimum absolute atomic E-state index is 0.207. The lowest BCUT2D eigenvalue weighted by molar-refractivity contribution is -0.147. The van der Waals surface area contributed by atoms with Crippen LogP contribution in [0.3, 0.4) is 0 Å². The molecule has 0 radical (unpaired) electrons. The Kier molecular flexibility index (Phi) is 2.47. The van der Waals surface area contributed by atoms with Gasteiger partial charge in [-0.3, -0.25) is 0 Å². The second kappa shape index (κ2) is 3.50. The largest absolute Gasteiger partial charge is 0.375 e. The summed E-state index contributed by atoms with van der Waals surface area (Å²) in [6.45, 7) is 11.0. The van der Waals surface area contributed by atoms with Gasteiger partial charge in [-0.1, -0.05) is 27.2 Å². The molecule has 0 aromatic heterocycles. The third-order valence-corrected chi connectivity index (χ3v) is 6.58. The Morgan fingerprint density at radius 3 is 2.41 bits per heavy atom. The first kappa shape index (κ1) is 12.0. The zero-order valence-electron chi connectivity index (χ0n) is 12.0. The Labute approximate surface area is 106 Å². The highest BCUT2D eigenvalue weighted by molar-refractivity contribution is 5.09. The van der Waals surface area contributed by atoms with Crippen LogP contribution < -0.4 is 0 Å². The van der Waals surface area contributed by atoms with Crippen molar-refractivity contribution in [2.24, 2.45) is 22.7 Å². The Bertz CT molecular complexity index is 317. The zero-order chi connectivity index (χ0) is 12.3. The van der Waals surface area contributed by atoms with E-state index in [-0.39, 0.29) is 5.60 Å². The molecule has 1 heterocycles. The highest BCUT2D eigenvalue weighted by Gasteiger charge is 2.60. The van der Waals surface area contributed by atoms with Crippen LogP contribution in [0.15, 0.2) is 0 Å². The molecule has 0 aromatic rings. The van der Waals surface area contributed by atoms with Crippen molar-refractivity contribution in [1.82, 2.24) is 0 Å². The van der Waals surface area contributed by atoms with E-state index in [0.29, 0.717) is 10.8 Å². The lowest BCUT2D eigenvalue weighted by atomic mass is 9.46. The smallest absolute Gasteiger partial charge is 0.0688 e. The molecule has 0 aromatic carbocycles. The Balaban J connectivity index is 1.98. The van der Waals surface area contributed by atoms with Crippen molar-refractivity contribution in [1.29, 1.82) is 0 Å². The molecule has 1 aliphatic heterocycles. The van der Waals surface area contributed by atoms with Crippen molar-refractivity contribution in [3.8, 4) is 0 Å². The number of ether oxygens (including phenoxy) is 1. The summed E-state index contributed by atoms with van der Waals surface area (Å²) in [5.74, 6) is 1.73. The molecule has 2 aliphatic carbocycles. The topological polar surface area (TPSA) is 9.23 Å². The van der Waals surface area contributed by atoms with Crippen LogP contribution in [0.2, 0.25) is 0 Å². The number of hydrogen-bond acceptors (Lipinski definition) is 1. The third-order valence-electron chi connectivity index (χ3n) is 6.58. The molecular weight excluding hydrogens is 208 g/mol. The lowest BCUT2D eigenvalue weighted by Crippen LogP contribution is -2.55. The SMILES string of the molecule is CC1(C)CCC[C@@]2(C)[C@H]3CCO[C@]3(C)CC[C@@H]12. The van der Waals surface area contributed by atoms with Crippen LogP contribution in [0.25, 0.3) is 0 Å². The van der Waals surface area contributed by atoms with Gasteiger partial charge >= 0.3 is 0 Å². The van der Waals surface area contributed by atoms with E-state index in [1.165, 1.54) is 38.5 Å². The highest BCUT2D eigenvalue weighted by atomic mass is 16.5. The predicted octanol–water partition coefficient (Wildman–Crippen LogP) is 4.41. The van der Waals surface area contributed by atoms with E-state index in [1.54, 1.807) is 0 Å². The van der Waals surface area contributed by atoms with Gasteiger partial charge in [-0.25, -0.2) is 0 Å². The predicted molar refractivity (Wildman–Crippen MR) is 70.9 cm³/mol. The highest BCUT2D eigenvalue weighted by Crippen LogP contribution is 2.64.